The fraction of sp³-hybridized carbons (Fsp3) is 0.708. The molecule has 0 aliphatic rings. The van der Waals surface area contributed by atoms with Gasteiger partial charge in [-0.15, -0.1) is 0 Å². The van der Waals surface area contributed by atoms with Gasteiger partial charge < -0.3 is 9.84 Å². The van der Waals surface area contributed by atoms with Gasteiger partial charge in [0.2, 0.25) is 0 Å². The van der Waals surface area contributed by atoms with E-state index in [1.54, 1.807) is 18.2 Å². The summed E-state index contributed by atoms with van der Waals surface area (Å²) in [6, 6.07) is 5.03. The monoisotopic (exact) mass is 376 g/mol. The second-order valence-corrected chi connectivity index (χ2v) is 7.59. The number of ether oxygens (including phenoxy) is 1. The molecule has 0 radical (unpaired) electrons. The number of phenols is 1. The number of ketones is 1. The predicted molar refractivity (Wildman–Crippen MR) is 114 cm³/mol. The maximum atomic E-state index is 12.3. The van der Waals surface area contributed by atoms with Gasteiger partial charge in [0.25, 0.3) is 0 Å². The molecule has 0 heterocycles. The summed E-state index contributed by atoms with van der Waals surface area (Å²) in [6.45, 7) is 5.00. The van der Waals surface area contributed by atoms with Crippen molar-refractivity contribution in [2.45, 2.75) is 104 Å². The minimum atomic E-state index is 0.0310. The van der Waals surface area contributed by atoms with Gasteiger partial charge in [-0.1, -0.05) is 84.5 Å². The average Bonchev–Trinajstić information content (AvgIpc) is 2.66. The van der Waals surface area contributed by atoms with Crippen molar-refractivity contribution in [1.82, 2.24) is 0 Å². The molecule has 0 saturated carbocycles. The molecule has 0 saturated heterocycles. The SMILES string of the molecule is CCCCCCCCCCCCCC(=O)c1ccc(OCCCC)cc1O. The number of carbonyl (C=O) groups excluding carboxylic acids is 1. The highest BCUT2D eigenvalue weighted by atomic mass is 16.5. The van der Waals surface area contributed by atoms with Crippen molar-refractivity contribution in [1.29, 1.82) is 0 Å². The summed E-state index contributed by atoms with van der Waals surface area (Å²) in [6.07, 6.45) is 16.6. The Hall–Kier alpha value is -1.51. The van der Waals surface area contributed by atoms with E-state index in [2.05, 4.69) is 13.8 Å². The molecule has 3 nitrogen and oxygen atoms in total. The summed E-state index contributed by atoms with van der Waals surface area (Å²) in [4.78, 5) is 12.3. The van der Waals surface area contributed by atoms with Gasteiger partial charge in [-0.3, -0.25) is 4.79 Å². The van der Waals surface area contributed by atoms with Crippen LogP contribution in [0, 0.1) is 0 Å². The minimum Gasteiger partial charge on any atom is -0.507 e. The van der Waals surface area contributed by atoms with Gasteiger partial charge in [-0.25, -0.2) is 0 Å². The molecule has 1 aromatic rings. The Morgan fingerprint density at radius 3 is 1.93 bits per heavy atom. The van der Waals surface area contributed by atoms with Crippen LogP contribution in [0.1, 0.15) is 114 Å². The molecule has 154 valence electrons. The zero-order chi connectivity index (χ0) is 19.7. The fourth-order valence-corrected chi connectivity index (χ4v) is 3.26. The summed E-state index contributed by atoms with van der Waals surface area (Å²) in [7, 11) is 0. The molecule has 0 atom stereocenters. The number of aromatic hydroxyl groups is 1. The van der Waals surface area contributed by atoms with E-state index in [4.69, 9.17) is 4.74 Å². The van der Waals surface area contributed by atoms with Gasteiger partial charge >= 0.3 is 0 Å². The van der Waals surface area contributed by atoms with Crippen LogP contribution in [0.4, 0.5) is 0 Å². The number of hydrogen-bond donors (Lipinski definition) is 1. The molecule has 0 amide bonds. The van der Waals surface area contributed by atoms with Crippen LogP contribution in [0.3, 0.4) is 0 Å². The summed E-state index contributed by atoms with van der Waals surface area (Å²) in [5, 5.41) is 10.1. The Labute approximate surface area is 166 Å². The summed E-state index contributed by atoms with van der Waals surface area (Å²) in [5.41, 5.74) is 0.421. The fourth-order valence-electron chi connectivity index (χ4n) is 3.26. The first-order valence-corrected chi connectivity index (χ1v) is 11.2. The molecule has 1 aromatic carbocycles. The van der Waals surface area contributed by atoms with Crippen LogP contribution in [0.2, 0.25) is 0 Å². The van der Waals surface area contributed by atoms with Gasteiger partial charge in [0, 0.05) is 12.5 Å². The largest absolute Gasteiger partial charge is 0.507 e. The van der Waals surface area contributed by atoms with Crippen molar-refractivity contribution in [2.24, 2.45) is 0 Å². The summed E-state index contributed by atoms with van der Waals surface area (Å²) in [5.74, 6) is 0.702. The molecule has 1 N–H and O–H groups in total. The zero-order valence-electron chi connectivity index (χ0n) is 17.6. The van der Waals surface area contributed by atoms with Crippen molar-refractivity contribution < 1.29 is 14.6 Å². The first-order valence-electron chi connectivity index (χ1n) is 11.2. The number of Topliss-reactive ketones (excluding diaryl/α,β-unsaturated/α-hetero) is 1. The Morgan fingerprint density at radius 2 is 1.37 bits per heavy atom. The first-order chi connectivity index (χ1) is 13.2. The van der Waals surface area contributed by atoms with Crippen molar-refractivity contribution in [3.8, 4) is 11.5 Å². The van der Waals surface area contributed by atoms with E-state index in [0.29, 0.717) is 24.3 Å². The zero-order valence-corrected chi connectivity index (χ0v) is 17.6. The molecule has 1 rings (SSSR count). The average molecular weight is 377 g/mol. The molecular weight excluding hydrogens is 336 g/mol. The number of carbonyl (C=O) groups is 1. The first kappa shape index (κ1) is 23.5. The van der Waals surface area contributed by atoms with Crippen LogP contribution in [0.25, 0.3) is 0 Å². The molecular formula is C24H40O3. The summed E-state index contributed by atoms with van der Waals surface area (Å²) >= 11 is 0. The lowest BCUT2D eigenvalue weighted by atomic mass is 10.0. The van der Waals surface area contributed by atoms with Gasteiger partial charge in [0.15, 0.2) is 5.78 Å². The Kier molecular flexibility index (Phi) is 13.5. The van der Waals surface area contributed by atoms with Crippen LogP contribution < -0.4 is 4.74 Å². The summed E-state index contributed by atoms with van der Waals surface area (Å²) < 4.78 is 5.56. The van der Waals surface area contributed by atoms with E-state index in [0.717, 1.165) is 25.7 Å². The normalized spacial score (nSPS) is 10.9. The third-order valence-electron chi connectivity index (χ3n) is 5.04. The molecule has 0 aliphatic carbocycles. The van der Waals surface area contributed by atoms with Crippen molar-refractivity contribution >= 4 is 5.78 Å². The van der Waals surface area contributed by atoms with E-state index in [1.165, 1.54) is 57.8 Å². The maximum absolute atomic E-state index is 12.3. The molecule has 0 aliphatic heterocycles. The van der Waals surface area contributed by atoms with E-state index in [-0.39, 0.29) is 11.5 Å². The molecule has 0 fully saturated rings. The maximum Gasteiger partial charge on any atom is 0.166 e. The van der Waals surface area contributed by atoms with Crippen LogP contribution in [0.5, 0.6) is 11.5 Å². The van der Waals surface area contributed by atoms with Gasteiger partial charge in [-0.05, 0) is 25.0 Å². The molecule has 0 spiro atoms. The van der Waals surface area contributed by atoms with Crippen LogP contribution in [0.15, 0.2) is 18.2 Å². The quantitative estimate of drug-likeness (QED) is 0.227. The lowest BCUT2D eigenvalue weighted by Gasteiger charge is -2.08. The second-order valence-electron chi connectivity index (χ2n) is 7.59. The molecule has 27 heavy (non-hydrogen) atoms. The molecule has 0 aromatic heterocycles. The number of rotatable bonds is 17. The highest BCUT2D eigenvalue weighted by Gasteiger charge is 2.11. The van der Waals surface area contributed by atoms with E-state index in [9.17, 15) is 9.90 Å². The molecule has 0 unspecified atom stereocenters. The van der Waals surface area contributed by atoms with E-state index < -0.39 is 0 Å². The number of phenolic OH excluding ortho intramolecular Hbond substituents is 1. The Morgan fingerprint density at radius 1 is 0.815 bits per heavy atom. The Bertz CT molecular complexity index is 510. The predicted octanol–water partition coefficient (Wildman–Crippen LogP) is 7.45. The van der Waals surface area contributed by atoms with Crippen molar-refractivity contribution in [3.05, 3.63) is 23.8 Å². The van der Waals surface area contributed by atoms with Crippen molar-refractivity contribution in [3.63, 3.8) is 0 Å². The third-order valence-corrected chi connectivity index (χ3v) is 5.04. The smallest absolute Gasteiger partial charge is 0.166 e. The minimum absolute atomic E-state index is 0.0310. The molecule has 0 bridgehead atoms. The highest BCUT2D eigenvalue weighted by Crippen LogP contribution is 2.25. The second kappa shape index (κ2) is 15.5. The highest BCUT2D eigenvalue weighted by molar-refractivity contribution is 5.98. The third kappa shape index (κ3) is 11.0. The topological polar surface area (TPSA) is 46.5 Å². The van der Waals surface area contributed by atoms with Gasteiger partial charge in [-0.2, -0.15) is 0 Å². The lowest BCUT2D eigenvalue weighted by Crippen LogP contribution is -2.01. The standard InChI is InChI=1S/C24H40O3/c1-3-5-7-8-9-10-11-12-13-14-15-16-23(25)22-18-17-21(20-24(22)26)27-19-6-4-2/h17-18,20,26H,3-16,19H2,1-2H3. The van der Waals surface area contributed by atoms with Crippen LogP contribution in [-0.2, 0) is 0 Å². The van der Waals surface area contributed by atoms with Gasteiger partial charge in [0.1, 0.15) is 11.5 Å². The van der Waals surface area contributed by atoms with E-state index in [1.807, 2.05) is 0 Å². The van der Waals surface area contributed by atoms with Crippen molar-refractivity contribution in [2.75, 3.05) is 6.61 Å². The van der Waals surface area contributed by atoms with Gasteiger partial charge in [0.05, 0.1) is 12.2 Å². The van der Waals surface area contributed by atoms with Crippen LogP contribution in [-0.4, -0.2) is 17.5 Å². The number of hydrogen-bond acceptors (Lipinski definition) is 3. The number of unbranched alkanes of at least 4 members (excludes halogenated alkanes) is 11. The number of benzene rings is 1. The lowest BCUT2D eigenvalue weighted by molar-refractivity contribution is 0.0976. The molecule has 3 heteroatoms. The Balaban J connectivity index is 2.12. The van der Waals surface area contributed by atoms with E-state index >= 15 is 0 Å². The van der Waals surface area contributed by atoms with Crippen LogP contribution >= 0.6 is 0 Å².